The van der Waals surface area contributed by atoms with Crippen molar-refractivity contribution in [2.75, 3.05) is 5.32 Å². The Kier molecular flexibility index (Phi) is 6.10. The first-order valence-corrected chi connectivity index (χ1v) is 11.2. The molecular formula is C26H24ClF3N2O2. The number of dihydropyridines is 1. The molecule has 0 radical (unpaired) electrons. The molecule has 0 spiro atoms. The molecule has 0 bridgehead atoms. The Balaban J connectivity index is 1.78. The third-order valence-corrected chi connectivity index (χ3v) is 6.35. The van der Waals surface area contributed by atoms with Gasteiger partial charge in [-0.2, -0.15) is 13.2 Å². The summed E-state index contributed by atoms with van der Waals surface area (Å²) in [5.74, 6) is -1.34. The van der Waals surface area contributed by atoms with Crippen LogP contribution in [0.3, 0.4) is 0 Å². The minimum Gasteiger partial charge on any atom is -0.362 e. The van der Waals surface area contributed by atoms with Gasteiger partial charge in [0.1, 0.15) is 0 Å². The first-order chi connectivity index (χ1) is 15.9. The first kappa shape index (κ1) is 24.1. The first-order valence-electron chi connectivity index (χ1n) is 10.8. The summed E-state index contributed by atoms with van der Waals surface area (Å²) in [6.45, 7) is 5.76. The van der Waals surface area contributed by atoms with Gasteiger partial charge in [0.15, 0.2) is 5.78 Å². The van der Waals surface area contributed by atoms with Crippen molar-refractivity contribution in [3.63, 3.8) is 0 Å². The summed E-state index contributed by atoms with van der Waals surface area (Å²) >= 11 is 6.23. The summed E-state index contributed by atoms with van der Waals surface area (Å²) in [7, 11) is 0. The Hall–Kier alpha value is -3.06. The number of amides is 1. The van der Waals surface area contributed by atoms with E-state index in [-0.39, 0.29) is 22.5 Å². The number of Topliss-reactive ketones (excluding diaryl/α,β-unsaturated/α-hetero) is 1. The number of carbonyl (C=O) groups is 2. The average Bonchev–Trinajstić information content (AvgIpc) is 2.71. The fraction of sp³-hybridized carbons (Fsp3) is 0.308. The Morgan fingerprint density at radius 3 is 2.50 bits per heavy atom. The highest BCUT2D eigenvalue weighted by atomic mass is 35.5. The molecule has 1 aliphatic carbocycles. The van der Waals surface area contributed by atoms with E-state index in [1.807, 2.05) is 13.8 Å². The predicted octanol–water partition coefficient (Wildman–Crippen LogP) is 6.60. The molecule has 2 aromatic rings. The molecule has 2 aromatic carbocycles. The number of benzene rings is 2. The van der Waals surface area contributed by atoms with Gasteiger partial charge in [0.05, 0.1) is 5.56 Å². The van der Waals surface area contributed by atoms with Gasteiger partial charge in [-0.25, -0.2) is 0 Å². The molecule has 1 aliphatic heterocycles. The number of carbonyl (C=O) groups excluding carboxylic acids is 2. The van der Waals surface area contributed by atoms with E-state index in [0.29, 0.717) is 34.7 Å². The van der Waals surface area contributed by atoms with Crippen LogP contribution < -0.4 is 10.6 Å². The van der Waals surface area contributed by atoms with E-state index in [0.717, 1.165) is 17.8 Å². The highest BCUT2D eigenvalue weighted by molar-refractivity contribution is 6.30. The maximum Gasteiger partial charge on any atom is 0.416 e. The number of hydrogen-bond donors (Lipinski definition) is 2. The lowest BCUT2D eigenvalue weighted by molar-refractivity contribution is -0.137. The van der Waals surface area contributed by atoms with E-state index in [1.165, 1.54) is 12.1 Å². The molecule has 178 valence electrons. The largest absolute Gasteiger partial charge is 0.416 e. The Bertz CT molecular complexity index is 1240. The SMILES string of the molecule is CC1=C(C(=O)Nc2cccc(C(F)(F)F)c2)[C@@H](c2cccc(Cl)c2)C2=C(CC(C)(C)CC2=O)N1. The topological polar surface area (TPSA) is 58.2 Å². The van der Waals surface area contributed by atoms with Crippen molar-refractivity contribution in [3.8, 4) is 0 Å². The summed E-state index contributed by atoms with van der Waals surface area (Å²) < 4.78 is 39.4. The third kappa shape index (κ3) is 4.75. The van der Waals surface area contributed by atoms with E-state index < -0.39 is 23.6 Å². The number of ketones is 1. The molecule has 1 amide bonds. The average molecular weight is 489 g/mol. The van der Waals surface area contributed by atoms with Gasteiger partial charge in [-0.1, -0.05) is 43.6 Å². The summed E-state index contributed by atoms with van der Waals surface area (Å²) in [4.78, 5) is 26.7. The van der Waals surface area contributed by atoms with Crippen LogP contribution in [0, 0.1) is 5.41 Å². The summed E-state index contributed by atoms with van der Waals surface area (Å²) in [6, 6.07) is 11.4. The second-order valence-electron chi connectivity index (χ2n) is 9.52. The van der Waals surface area contributed by atoms with Gasteiger partial charge >= 0.3 is 6.18 Å². The lowest BCUT2D eigenvalue weighted by atomic mass is 9.68. The van der Waals surface area contributed by atoms with Crippen LogP contribution >= 0.6 is 11.6 Å². The molecule has 0 aromatic heterocycles. The maximum atomic E-state index is 13.5. The minimum absolute atomic E-state index is 0.0147. The van der Waals surface area contributed by atoms with Crippen molar-refractivity contribution < 1.29 is 22.8 Å². The Morgan fingerprint density at radius 2 is 1.82 bits per heavy atom. The standard InChI is InChI=1S/C26H24ClF3N2O2/c1-14-21(24(34)32-18-9-5-7-16(11-18)26(28,29)30)22(15-6-4-8-17(27)10-15)23-19(31-14)12-25(2,3)13-20(23)33/h4-11,22,31H,12-13H2,1-3H3,(H,32,34)/t22-/m1/s1. The monoisotopic (exact) mass is 488 g/mol. The van der Waals surface area contributed by atoms with E-state index in [1.54, 1.807) is 31.2 Å². The zero-order valence-electron chi connectivity index (χ0n) is 18.9. The van der Waals surface area contributed by atoms with Gasteiger partial charge in [-0.05, 0) is 54.7 Å². The summed E-state index contributed by atoms with van der Waals surface area (Å²) in [5.41, 5.74) is 1.66. The fourth-order valence-electron chi connectivity index (χ4n) is 4.73. The Morgan fingerprint density at radius 1 is 1.12 bits per heavy atom. The molecule has 0 unspecified atom stereocenters. The number of nitrogens with one attached hydrogen (secondary N) is 2. The molecule has 34 heavy (non-hydrogen) atoms. The van der Waals surface area contributed by atoms with Gasteiger partial charge in [0.2, 0.25) is 0 Å². The van der Waals surface area contributed by atoms with Gasteiger partial charge < -0.3 is 10.6 Å². The van der Waals surface area contributed by atoms with Gasteiger partial charge in [0.25, 0.3) is 5.91 Å². The van der Waals surface area contributed by atoms with Crippen molar-refractivity contribution in [1.82, 2.24) is 5.32 Å². The maximum absolute atomic E-state index is 13.5. The number of allylic oxidation sites excluding steroid dienone is 3. The second-order valence-corrected chi connectivity index (χ2v) is 9.95. The second kappa shape index (κ2) is 8.62. The number of hydrogen-bond acceptors (Lipinski definition) is 3. The highest BCUT2D eigenvalue weighted by Crippen LogP contribution is 2.47. The van der Waals surface area contributed by atoms with E-state index in [2.05, 4.69) is 10.6 Å². The lowest BCUT2D eigenvalue weighted by Crippen LogP contribution is -2.39. The zero-order valence-corrected chi connectivity index (χ0v) is 19.7. The minimum atomic E-state index is -4.54. The van der Waals surface area contributed by atoms with Crippen LogP contribution in [0.5, 0.6) is 0 Å². The molecule has 4 nitrogen and oxygen atoms in total. The third-order valence-electron chi connectivity index (χ3n) is 6.11. The predicted molar refractivity (Wildman–Crippen MR) is 125 cm³/mol. The number of anilines is 1. The van der Waals surface area contributed by atoms with Crippen molar-refractivity contribution in [2.24, 2.45) is 5.41 Å². The molecule has 2 aliphatic rings. The van der Waals surface area contributed by atoms with Crippen LogP contribution in [0.1, 0.15) is 50.7 Å². The van der Waals surface area contributed by atoms with Crippen LogP contribution in [0.25, 0.3) is 0 Å². The van der Waals surface area contributed by atoms with Crippen LogP contribution in [0.4, 0.5) is 18.9 Å². The molecular weight excluding hydrogens is 465 g/mol. The number of halogens is 4. The number of rotatable bonds is 3. The Labute approximate surface area is 200 Å². The van der Waals surface area contributed by atoms with Crippen molar-refractivity contribution in [1.29, 1.82) is 0 Å². The van der Waals surface area contributed by atoms with Crippen LogP contribution in [0.2, 0.25) is 5.02 Å². The quantitative estimate of drug-likeness (QED) is 0.511. The van der Waals surface area contributed by atoms with Crippen LogP contribution in [-0.2, 0) is 15.8 Å². The molecule has 0 fully saturated rings. The van der Waals surface area contributed by atoms with E-state index >= 15 is 0 Å². The summed E-state index contributed by atoms with van der Waals surface area (Å²) in [6.07, 6.45) is -3.58. The van der Waals surface area contributed by atoms with Gasteiger partial charge in [0, 0.05) is 45.6 Å². The fourth-order valence-corrected chi connectivity index (χ4v) is 4.93. The smallest absolute Gasteiger partial charge is 0.362 e. The van der Waals surface area contributed by atoms with Crippen LogP contribution in [0.15, 0.2) is 71.1 Å². The molecule has 1 atom stereocenters. The van der Waals surface area contributed by atoms with Crippen molar-refractivity contribution >= 4 is 29.0 Å². The molecule has 0 saturated carbocycles. The zero-order chi connectivity index (χ0) is 24.8. The summed E-state index contributed by atoms with van der Waals surface area (Å²) in [5, 5.41) is 6.28. The highest BCUT2D eigenvalue weighted by Gasteiger charge is 2.42. The lowest BCUT2D eigenvalue weighted by Gasteiger charge is -2.39. The van der Waals surface area contributed by atoms with Gasteiger partial charge in [-0.3, -0.25) is 9.59 Å². The van der Waals surface area contributed by atoms with Crippen molar-refractivity contribution in [3.05, 3.63) is 87.2 Å². The van der Waals surface area contributed by atoms with E-state index in [9.17, 15) is 22.8 Å². The van der Waals surface area contributed by atoms with Crippen molar-refractivity contribution in [2.45, 2.75) is 45.7 Å². The molecule has 1 heterocycles. The number of alkyl halides is 3. The molecule has 4 rings (SSSR count). The molecule has 0 saturated heterocycles. The van der Waals surface area contributed by atoms with Gasteiger partial charge in [-0.15, -0.1) is 0 Å². The van der Waals surface area contributed by atoms with E-state index in [4.69, 9.17) is 11.6 Å². The molecule has 8 heteroatoms. The molecule has 2 N–H and O–H groups in total. The van der Waals surface area contributed by atoms with Crippen LogP contribution in [-0.4, -0.2) is 11.7 Å². The normalized spacial score (nSPS) is 20.1.